The Balaban J connectivity index is 1.75. The summed E-state index contributed by atoms with van der Waals surface area (Å²) in [5.74, 6) is -0.182. The van der Waals surface area contributed by atoms with Crippen LogP contribution in [0.4, 0.5) is 0 Å². The fourth-order valence-electron chi connectivity index (χ4n) is 3.24. The summed E-state index contributed by atoms with van der Waals surface area (Å²) in [5.41, 5.74) is 1.34. The summed E-state index contributed by atoms with van der Waals surface area (Å²) < 4.78 is 27.5. The average Bonchev–Trinajstić information content (AvgIpc) is 3.46. The summed E-state index contributed by atoms with van der Waals surface area (Å²) in [4.78, 5) is 13.2. The monoisotopic (exact) mass is 363 g/mol. The second-order valence-electron chi connectivity index (χ2n) is 6.18. The Morgan fingerprint density at radius 3 is 1.81 bits per heavy atom. The Morgan fingerprint density at radius 2 is 1.23 bits per heavy atom. The Bertz CT molecular complexity index is 1020. The van der Waals surface area contributed by atoms with Crippen molar-refractivity contribution in [3.8, 4) is 0 Å². The molecule has 0 aliphatic carbocycles. The molecule has 3 aromatic carbocycles. The van der Waals surface area contributed by atoms with Gasteiger partial charge in [0.15, 0.2) is 5.78 Å². The second-order valence-corrected chi connectivity index (χ2v) is 8.02. The van der Waals surface area contributed by atoms with Crippen LogP contribution in [0.25, 0.3) is 0 Å². The maximum atomic E-state index is 13.1. The van der Waals surface area contributed by atoms with Gasteiger partial charge < -0.3 is 0 Å². The molecule has 0 N–H and O–H groups in total. The number of benzene rings is 3. The van der Waals surface area contributed by atoms with Gasteiger partial charge in [0.1, 0.15) is 6.04 Å². The number of hydrogen-bond acceptors (Lipinski definition) is 3. The molecule has 3 atom stereocenters. The van der Waals surface area contributed by atoms with Crippen molar-refractivity contribution in [1.82, 2.24) is 4.31 Å². The largest absolute Gasteiger partial charge is 0.292 e. The molecule has 1 saturated heterocycles. The molecule has 0 bridgehead atoms. The lowest BCUT2D eigenvalue weighted by Crippen LogP contribution is -2.19. The van der Waals surface area contributed by atoms with E-state index in [-0.39, 0.29) is 10.7 Å². The number of carbonyl (C=O) groups excluding carboxylic acids is 1. The lowest BCUT2D eigenvalue weighted by molar-refractivity contribution is 0.0981. The highest BCUT2D eigenvalue weighted by Gasteiger charge is 2.60. The van der Waals surface area contributed by atoms with Crippen LogP contribution in [0.2, 0.25) is 0 Å². The van der Waals surface area contributed by atoms with Gasteiger partial charge in [0.25, 0.3) is 0 Å². The lowest BCUT2D eigenvalue weighted by atomic mass is 10.0. The van der Waals surface area contributed by atoms with Crippen molar-refractivity contribution < 1.29 is 13.2 Å². The summed E-state index contributed by atoms with van der Waals surface area (Å²) in [6.45, 7) is 0. The van der Waals surface area contributed by atoms with E-state index >= 15 is 0 Å². The van der Waals surface area contributed by atoms with Crippen LogP contribution >= 0.6 is 0 Å². The van der Waals surface area contributed by atoms with Crippen LogP contribution in [0.5, 0.6) is 0 Å². The lowest BCUT2D eigenvalue weighted by Gasteiger charge is -2.06. The zero-order chi connectivity index (χ0) is 18.1. The van der Waals surface area contributed by atoms with Gasteiger partial charge in [0, 0.05) is 5.56 Å². The van der Waals surface area contributed by atoms with E-state index in [9.17, 15) is 13.2 Å². The number of rotatable bonds is 5. The number of sulfonamides is 1. The molecule has 1 aliphatic rings. The van der Waals surface area contributed by atoms with Crippen molar-refractivity contribution in [2.45, 2.75) is 17.0 Å². The molecule has 1 heterocycles. The fourth-order valence-corrected chi connectivity index (χ4v) is 4.97. The van der Waals surface area contributed by atoms with E-state index in [0.29, 0.717) is 5.56 Å². The Hall–Kier alpha value is -2.76. The zero-order valence-electron chi connectivity index (χ0n) is 13.9. The van der Waals surface area contributed by atoms with Crippen LogP contribution in [-0.4, -0.2) is 24.5 Å². The molecule has 130 valence electrons. The minimum Gasteiger partial charge on any atom is -0.292 e. The number of nitrogens with zero attached hydrogens (tertiary/aromatic N) is 1. The SMILES string of the molecule is O=C(c1ccccc1)[C@H]1[C@@H](c2ccccc2)N1S(=O)(=O)c1ccccc1. The molecule has 3 aromatic rings. The molecule has 0 spiro atoms. The van der Waals surface area contributed by atoms with Gasteiger partial charge in [-0.1, -0.05) is 78.9 Å². The van der Waals surface area contributed by atoms with E-state index in [0.717, 1.165) is 5.56 Å². The highest BCUT2D eigenvalue weighted by molar-refractivity contribution is 7.89. The van der Waals surface area contributed by atoms with Crippen molar-refractivity contribution in [2.75, 3.05) is 0 Å². The van der Waals surface area contributed by atoms with Crippen molar-refractivity contribution in [1.29, 1.82) is 0 Å². The molecular weight excluding hydrogens is 346 g/mol. The number of ketones is 1. The molecule has 1 fully saturated rings. The van der Waals surface area contributed by atoms with Crippen LogP contribution in [0.15, 0.2) is 95.9 Å². The third-order valence-corrected chi connectivity index (χ3v) is 6.42. The molecule has 0 aromatic heterocycles. The molecule has 1 unspecified atom stereocenters. The van der Waals surface area contributed by atoms with Gasteiger partial charge in [-0.25, -0.2) is 8.42 Å². The zero-order valence-corrected chi connectivity index (χ0v) is 14.7. The van der Waals surface area contributed by atoms with E-state index in [2.05, 4.69) is 0 Å². The Labute approximate surface area is 152 Å². The van der Waals surface area contributed by atoms with E-state index < -0.39 is 22.1 Å². The van der Waals surface area contributed by atoms with Crippen molar-refractivity contribution in [3.05, 3.63) is 102 Å². The summed E-state index contributed by atoms with van der Waals surface area (Å²) in [5, 5.41) is 0. The summed E-state index contributed by atoms with van der Waals surface area (Å²) >= 11 is 0. The molecule has 0 amide bonds. The molecule has 4 nitrogen and oxygen atoms in total. The predicted molar refractivity (Wildman–Crippen MR) is 99.2 cm³/mol. The highest BCUT2D eigenvalue weighted by Crippen LogP contribution is 2.48. The van der Waals surface area contributed by atoms with Crippen LogP contribution in [0.3, 0.4) is 0 Å². The number of Topliss-reactive ketones (excluding diaryl/α,β-unsaturated/α-hetero) is 1. The van der Waals surface area contributed by atoms with Crippen LogP contribution in [-0.2, 0) is 10.0 Å². The van der Waals surface area contributed by atoms with Gasteiger partial charge >= 0.3 is 0 Å². The normalized spacial score (nSPS) is 21.9. The molecular formula is C21H17NO3S. The minimum atomic E-state index is -3.75. The summed E-state index contributed by atoms with van der Waals surface area (Å²) in [6, 6.07) is 25.2. The van der Waals surface area contributed by atoms with Gasteiger partial charge in [-0.3, -0.25) is 4.79 Å². The standard InChI is InChI=1S/C21H17NO3S/c23-21(17-12-6-2-7-13-17)20-19(16-10-4-1-5-11-16)22(20)26(24,25)18-14-8-3-9-15-18/h1-15,19-20H/t19-,20-,22?/m1/s1. The average molecular weight is 363 g/mol. The van der Waals surface area contributed by atoms with E-state index in [4.69, 9.17) is 0 Å². The highest BCUT2D eigenvalue weighted by atomic mass is 32.2. The smallest absolute Gasteiger partial charge is 0.244 e. The topological polar surface area (TPSA) is 54.2 Å². The number of carbonyl (C=O) groups is 1. The summed E-state index contributed by atoms with van der Waals surface area (Å²) in [7, 11) is -3.75. The van der Waals surface area contributed by atoms with E-state index in [1.807, 2.05) is 36.4 Å². The second kappa shape index (κ2) is 6.52. The van der Waals surface area contributed by atoms with Gasteiger partial charge in [-0.2, -0.15) is 4.31 Å². The van der Waals surface area contributed by atoms with Gasteiger partial charge in [0.2, 0.25) is 10.0 Å². The maximum absolute atomic E-state index is 13.1. The quantitative estimate of drug-likeness (QED) is 0.513. The van der Waals surface area contributed by atoms with Gasteiger partial charge in [-0.05, 0) is 17.7 Å². The van der Waals surface area contributed by atoms with Crippen molar-refractivity contribution in [2.24, 2.45) is 0 Å². The Morgan fingerprint density at radius 1 is 0.731 bits per heavy atom. The molecule has 4 rings (SSSR count). The van der Waals surface area contributed by atoms with Crippen LogP contribution in [0.1, 0.15) is 22.0 Å². The van der Waals surface area contributed by atoms with E-state index in [1.54, 1.807) is 54.6 Å². The number of hydrogen-bond donors (Lipinski definition) is 0. The third-order valence-electron chi connectivity index (χ3n) is 4.54. The summed E-state index contributed by atoms with van der Waals surface area (Å²) in [6.07, 6.45) is 0. The van der Waals surface area contributed by atoms with Crippen LogP contribution in [0, 0.1) is 0 Å². The Kier molecular flexibility index (Phi) is 4.18. The molecule has 0 radical (unpaired) electrons. The minimum absolute atomic E-state index is 0.182. The first-order valence-corrected chi connectivity index (χ1v) is 9.77. The first-order chi connectivity index (χ1) is 12.6. The first-order valence-electron chi connectivity index (χ1n) is 8.33. The molecule has 26 heavy (non-hydrogen) atoms. The van der Waals surface area contributed by atoms with Crippen molar-refractivity contribution in [3.63, 3.8) is 0 Å². The first kappa shape index (κ1) is 16.7. The predicted octanol–water partition coefficient (Wildman–Crippen LogP) is 3.68. The van der Waals surface area contributed by atoms with Gasteiger partial charge in [-0.15, -0.1) is 0 Å². The van der Waals surface area contributed by atoms with E-state index in [1.165, 1.54) is 4.31 Å². The molecule has 5 heteroatoms. The molecule has 1 aliphatic heterocycles. The van der Waals surface area contributed by atoms with Crippen LogP contribution < -0.4 is 0 Å². The third kappa shape index (κ3) is 2.85. The fraction of sp³-hybridized carbons (Fsp3) is 0.0952. The van der Waals surface area contributed by atoms with Gasteiger partial charge in [0.05, 0.1) is 10.9 Å². The molecule has 0 saturated carbocycles. The maximum Gasteiger partial charge on any atom is 0.244 e. The van der Waals surface area contributed by atoms with Crippen molar-refractivity contribution >= 4 is 15.8 Å².